The number of benzene rings is 2. The molecule has 1 N–H and O–H groups in total. The van der Waals surface area contributed by atoms with E-state index in [0.29, 0.717) is 17.2 Å². The quantitative estimate of drug-likeness (QED) is 0.614. The largest absolute Gasteiger partial charge is 0.497 e. The highest BCUT2D eigenvalue weighted by atomic mass is 32.2. The zero-order chi connectivity index (χ0) is 22.4. The summed E-state index contributed by atoms with van der Waals surface area (Å²) in [6.45, 7) is 6.64. The maximum atomic E-state index is 12.3. The number of anilines is 1. The molecule has 0 aliphatic carbocycles. The third kappa shape index (κ3) is 6.95. The van der Waals surface area contributed by atoms with Crippen LogP contribution in [0.5, 0.6) is 11.5 Å². The Kier molecular flexibility index (Phi) is 7.72. The first-order chi connectivity index (χ1) is 14.0. The summed E-state index contributed by atoms with van der Waals surface area (Å²) in [5, 5.41) is 2.69. The third-order valence-corrected chi connectivity index (χ3v) is 5.58. The number of nitrogens with one attached hydrogen (secondary N) is 1. The maximum Gasteiger partial charge on any atom is 0.240 e. The van der Waals surface area contributed by atoms with E-state index >= 15 is 0 Å². The average Bonchev–Trinajstić information content (AvgIpc) is 2.68. The second kappa shape index (κ2) is 9.84. The highest BCUT2D eigenvalue weighted by Gasteiger charge is 2.21. The highest BCUT2D eigenvalue weighted by molar-refractivity contribution is 7.92. The van der Waals surface area contributed by atoms with E-state index in [4.69, 9.17) is 9.47 Å². The van der Waals surface area contributed by atoms with Gasteiger partial charge in [0.25, 0.3) is 0 Å². The molecule has 0 bridgehead atoms. The van der Waals surface area contributed by atoms with Crippen LogP contribution in [-0.4, -0.2) is 47.4 Å². The molecule has 0 fully saturated rings. The van der Waals surface area contributed by atoms with Crippen molar-refractivity contribution in [3.05, 3.63) is 54.1 Å². The Morgan fingerprint density at radius 3 is 2.30 bits per heavy atom. The Morgan fingerprint density at radius 1 is 1.07 bits per heavy atom. The second-order valence-corrected chi connectivity index (χ2v) is 9.85. The van der Waals surface area contributed by atoms with Crippen LogP contribution in [0.2, 0.25) is 0 Å². The average molecular weight is 435 g/mol. The minimum Gasteiger partial charge on any atom is -0.497 e. The molecule has 0 aliphatic heterocycles. The van der Waals surface area contributed by atoms with Crippen LogP contribution in [0.1, 0.15) is 26.3 Å². The highest BCUT2D eigenvalue weighted by Crippen LogP contribution is 2.24. The summed E-state index contributed by atoms with van der Waals surface area (Å²) in [7, 11) is -2.15. The summed E-state index contributed by atoms with van der Waals surface area (Å²) in [6, 6.07) is 14.4. The fourth-order valence-electron chi connectivity index (χ4n) is 2.76. The van der Waals surface area contributed by atoms with E-state index in [1.807, 2.05) is 24.3 Å². The molecular formula is C22H30N2O5S. The number of hydrogen-bond donors (Lipinski definition) is 1. The van der Waals surface area contributed by atoms with E-state index in [2.05, 4.69) is 26.1 Å². The second-order valence-electron chi connectivity index (χ2n) is 7.94. The summed E-state index contributed by atoms with van der Waals surface area (Å²) in [4.78, 5) is 12.3. The number of methoxy groups -OCH3 is 1. The third-order valence-electron chi connectivity index (χ3n) is 4.44. The molecule has 0 aliphatic rings. The summed E-state index contributed by atoms with van der Waals surface area (Å²) in [5.74, 6) is 0.800. The van der Waals surface area contributed by atoms with Crippen molar-refractivity contribution in [2.75, 3.05) is 37.4 Å². The zero-order valence-corrected chi connectivity index (χ0v) is 19.0. The predicted molar refractivity (Wildman–Crippen MR) is 119 cm³/mol. The lowest BCUT2D eigenvalue weighted by atomic mass is 9.87. The van der Waals surface area contributed by atoms with Crippen molar-refractivity contribution in [3.8, 4) is 11.5 Å². The Labute approximate surface area is 179 Å². The van der Waals surface area contributed by atoms with E-state index in [9.17, 15) is 13.2 Å². The molecule has 0 aromatic heterocycles. The Hall–Kier alpha value is -2.74. The summed E-state index contributed by atoms with van der Waals surface area (Å²) in [6.07, 6.45) is 1.06. The van der Waals surface area contributed by atoms with Gasteiger partial charge in [0.2, 0.25) is 15.9 Å². The van der Waals surface area contributed by atoms with Gasteiger partial charge in [0, 0.05) is 6.07 Å². The molecule has 7 nitrogen and oxygen atoms in total. The van der Waals surface area contributed by atoms with Gasteiger partial charge in [0.1, 0.15) is 24.7 Å². The molecular weight excluding hydrogens is 404 g/mol. The maximum absolute atomic E-state index is 12.3. The van der Waals surface area contributed by atoms with Gasteiger partial charge in [-0.05, 0) is 35.2 Å². The van der Waals surface area contributed by atoms with Crippen molar-refractivity contribution in [1.82, 2.24) is 5.32 Å². The molecule has 1 amide bonds. The van der Waals surface area contributed by atoms with E-state index < -0.39 is 15.9 Å². The fraction of sp³-hybridized carbons (Fsp3) is 0.409. The monoisotopic (exact) mass is 434 g/mol. The van der Waals surface area contributed by atoms with Crippen LogP contribution in [-0.2, 0) is 20.2 Å². The molecule has 30 heavy (non-hydrogen) atoms. The minimum absolute atomic E-state index is 0.0702. The normalized spacial score (nSPS) is 11.6. The van der Waals surface area contributed by atoms with Crippen molar-refractivity contribution < 1.29 is 22.7 Å². The molecule has 0 heterocycles. The van der Waals surface area contributed by atoms with Crippen molar-refractivity contribution in [1.29, 1.82) is 0 Å². The van der Waals surface area contributed by atoms with Crippen LogP contribution >= 0.6 is 0 Å². The van der Waals surface area contributed by atoms with Gasteiger partial charge in [-0.15, -0.1) is 0 Å². The Bertz CT molecular complexity index is 950. The summed E-state index contributed by atoms with van der Waals surface area (Å²) in [5.41, 5.74) is 1.64. The number of amides is 1. The van der Waals surface area contributed by atoms with Gasteiger partial charge in [-0.25, -0.2) is 8.42 Å². The molecule has 0 unspecified atom stereocenters. The van der Waals surface area contributed by atoms with Crippen molar-refractivity contribution in [3.63, 3.8) is 0 Å². The number of sulfonamides is 1. The topological polar surface area (TPSA) is 84.9 Å². The van der Waals surface area contributed by atoms with Gasteiger partial charge in [0.05, 0.1) is 25.6 Å². The van der Waals surface area contributed by atoms with Gasteiger partial charge in [-0.3, -0.25) is 9.10 Å². The number of carbonyl (C=O) groups excluding carboxylic acids is 1. The molecule has 2 aromatic carbocycles. The predicted octanol–water partition coefficient (Wildman–Crippen LogP) is 2.95. The van der Waals surface area contributed by atoms with Crippen LogP contribution in [0, 0.1) is 0 Å². The van der Waals surface area contributed by atoms with Crippen LogP contribution in [0.15, 0.2) is 48.5 Å². The molecule has 2 aromatic rings. The molecule has 0 radical (unpaired) electrons. The standard InChI is InChI=1S/C22H30N2O5S/c1-22(2,3)17-9-11-19(12-10-17)29-14-13-23-21(25)16-24(30(5,26)27)18-7-6-8-20(15-18)28-4/h6-12,15H,13-14,16H2,1-5H3,(H,23,25). The summed E-state index contributed by atoms with van der Waals surface area (Å²) < 4.78 is 36.1. The SMILES string of the molecule is COc1cccc(N(CC(=O)NCCOc2ccc(C(C)(C)C)cc2)S(C)(=O)=O)c1. The van der Waals surface area contributed by atoms with Crippen LogP contribution in [0.4, 0.5) is 5.69 Å². The Balaban J connectivity index is 1.89. The molecule has 164 valence electrons. The van der Waals surface area contributed by atoms with Gasteiger partial charge in [-0.2, -0.15) is 0 Å². The van der Waals surface area contributed by atoms with Crippen LogP contribution in [0.25, 0.3) is 0 Å². The van der Waals surface area contributed by atoms with Gasteiger partial charge >= 0.3 is 0 Å². The van der Waals surface area contributed by atoms with Crippen LogP contribution in [0.3, 0.4) is 0 Å². The van der Waals surface area contributed by atoms with E-state index in [1.165, 1.54) is 12.7 Å². The van der Waals surface area contributed by atoms with Crippen LogP contribution < -0.4 is 19.1 Å². The first-order valence-corrected chi connectivity index (χ1v) is 11.5. The smallest absolute Gasteiger partial charge is 0.240 e. The molecule has 0 atom stereocenters. The first-order valence-electron chi connectivity index (χ1n) is 9.62. The molecule has 8 heteroatoms. The van der Waals surface area contributed by atoms with Crippen molar-refractivity contribution in [2.24, 2.45) is 0 Å². The Morgan fingerprint density at radius 2 is 1.73 bits per heavy atom. The lowest BCUT2D eigenvalue weighted by Gasteiger charge is -2.22. The lowest BCUT2D eigenvalue weighted by molar-refractivity contribution is -0.119. The van der Waals surface area contributed by atoms with E-state index in [1.54, 1.807) is 24.3 Å². The number of rotatable bonds is 9. The van der Waals surface area contributed by atoms with Gasteiger partial charge in [-0.1, -0.05) is 39.0 Å². The molecule has 0 saturated carbocycles. The molecule has 0 saturated heterocycles. The van der Waals surface area contributed by atoms with Crippen molar-refractivity contribution >= 4 is 21.6 Å². The van der Waals surface area contributed by atoms with E-state index in [0.717, 1.165) is 10.6 Å². The van der Waals surface area contributed by atoms with Gasteiger partial charge < -0.3 is 14.8 Å². The first kappa shape index (κ1) is 23.5. The number of carbonyl (C=O) groups is 1. The zero-order valence-electron chi connectivity index (χ0n) is 18.1. The minimum atomic E-state index is -3.64. The number of hydrogen-bond acceptors (Lipinski definition) is 5. The lowest BCUT2D eigenvalue weighted by Crippen LogP contribution is -2.41. The molecule has 0 spiro atoms. The van der Waals surface area contributed by atoms with E-state index in [-0.39, 0.29) is 25.1 Å². The number of nitrogens with zero attached hydrogens (tertiary/aromatic N) is 1. The summed E-state index contributed by atoms with van der Waals surface area (Å²) >= 11 is 0. The van der Waals surface area contributed by atoms with Gasteiger partial charge in [0.15, 0.2) is 0 Å². The van der Waals surface area contributed by atoms with Crippen molar-refractivity contribution in [2.45, 2.75) is 26.2 Å². The molecule has 2 rings (SSSR count). The fourth-order valence-corrected chi connectivity index (χ4v) is 3.61. The number of ether oxygens (including phenoxy) is 2.